The van der Waals surface area contributed by atoms with Gasteiger partial charge in [-0.05, 0) is 83.4 Å². The number of nitrogens with one attached hydrogen (secondary N) is 1. The van der Waals surface area contributed by atoms with Crippen LogP contribution in [0.3, 0.4) is 0 Å². The average Bonchev–Trinajstić information content (AvgIpc) is 3.30. The Balaban J connectivity index is 1.37. The van der Waals surface area contributed by atoms with E-state index in [0.717, 1.165) is 16.7 Å². The number of rotatable bonds is 18. The Kier molecular flexibility index (Phi) is 15.8. The molecule has 64 heavy (non-hydrogen) atoms. The molecule has 0 spiro atoms. The van der Waals surface area contributed by atoms with Gasteiger partial charge in [0.05, 0.1) is 45.2 Å². The van der Waals surface area contributed by atoms with Gasteiger partial charge in [0.25, 0.3) is 0 Å². The molecule has 1 heterocycles. The van der Waals surface area contributed by atoms with Crippen LogP contribution in [-0.2, 0) is 38.5 Å². The summed E-state index contributed by atoms with van der Waals surface area (Å²) < 4.78 is 50.6. The van der Waals surface area contributed by atoms with E-state index in [4.69, 9.17) is 37.6 Å². The van der Waals surface area contributed by atoms with Crippen molar-refractivity contribution < 1.29 is 52.0 Å². The molecular weight excluding hydrogens is 831 g/mol. The Morgan fingerprint density at radius 3 is 1.53 bits per heavy atom. The standard InChI is InChI=1S/C51H59NO11Si/c1-35(53)52-44-46(63-48(55)37-20-14-10-15-21-37)45(62-47(54)36-18-12-9-13-19-36)43(34-60-64(7,8)50(2,3)4)61-49(44)58-32-33-59-51(38-22-16-11-17-23-38,39-24-28-41(56-5)29-25-39)40-26-30-42(57-6)31-27-40/h9-31,43-46,49H,32-34H2,1-8H3,(H,52,53). The average molecular weight is 890 g/mol. The molecule has 13 heteroatoms. The van der Waals surface area contributed by atoms with Crippen LogP contribution in [0.15, 0.2) is 140 Å². The molecule has 1 N–H and O–H groups in total. The Morgan fingerprint density at radius 1 is 0.625 bits per heavy atom. The van der Waals surface area contributed by atoms with E-state index in [2.05, 4.69) is 39.2 Å². The monoisotopic (exact) mass is 889 g/mol. The number of hydrogen-bond acceptors (Lipinski definition) is 11. The summed E-state index contributed by atoms with van der Waals surface area (Å²) >= 11 is 0. The fraction of sp³-hybridized carbons (Fsp3) is 0.353. The van der Waals surface area contributed by atoms with Crippen molar-refractivity contribution >= 4 is 26.2 Å². The van der Waals surface area contributed by atoms with Gasteiger partial charge in [-0.2, -0.15) is 0 Å². The second-order valence-corrected chi connectivity index (χ2v) is 21.8. The van der Waals surface area contributed by atoms with Crippen molar-refractivity contribution in [2.24, 2.45) is 0 Å². The molecule has 0 bridgehead atoms. The molecular formula is C51H59NO11Si. The smallest absolute Gasteiger partial charge is 0.338 e. The zero-order chi connectivity index (χ0) is 45.9. The van der Waals surface area contributed by atoms with E-state index in [9.17, 15) is 14.4 Å². The Hall–Kier alpha value is -5.83. The highest BCUT2D eigenvalue weighted by molar-refractivity contribution is 6.74. The molecule has 5 unspecified atom stereocenters. The maximum Gasteiger partial charge on any atom is 0.338 e. The van der Waals surface area contributed by atoms with Crippen molar-refractivity contribution in [1.82, 2.24) is 5.32 Å². The molecule has 6 rings (SSSR count). The molecule has 1 amide bonds. The molecule has 0 saturated carbocycles. The SMILES string of the molecule is COc1ccc(C(OCCOC2OC(CO[Si](C)(C)C(C)(C)C)C(OC(=O)c3ccccc3)C(OC(=O)c3ccccc3)C2NC(C)=O)(c2ccccc2)c2ccc(OC)cc2)cc1. The van der Waals surface area contributed by atoms with Crippen molar-refractivity contribution in [3.8, 4) is 11.5 Å². The van der Waals surface area contributed by atoms with Crippen molar-refractivity contribution in [2.75, 3.05) is 34.0 Å². The number of esters is 2. The van der Waals surface area contributed by atoms with E-state index in [1.807, 2.05) is 78.9 Å². The lowest BCUT2D eigenvalue weighted by atomic mass is 9.80. The summed E-state index contributed by atoms with van der Waals surface area (Å²) in [5, 5.41) is 2.72. The Labute approximate surface area is 377 Å². The highest BCUT2D eigenvalue weighted by Crippen LogP contribution is 2.42. The quantitative estimate of drug-likeness (QED) is 0.0392. The first-order chi connectivity index (χ1) is 30.7. The third-order valence-corrected chi connectivity index (χ3v) is 16.3. The number of carbonyl (C=O) groups is 3. The fourth-order valence-corrected chi connectivity index (χ4v) is 8.34. The number of carbonyl (C=O) groups excluding carboxylic acids is 3. The minimum absolute atomic E-state index is 0.0195. The van der Waals surface area contributed by atoms with E-state index >= 15 is 0 Å². The predicted molar refractivity (Wildman–Crippen MR) is 245 cm³/mol. The minimum Gasteiger partial charge on any atom is -0.497 e. The van der Waals surface area contributed by atoms with E-state index in [-0.39, 0.29) is 36.0 Å². The van der Waals surface area contributed by atoms with Crippen LogP contribution in [-0.4, -0.2) is 90.8 Å². The summed E-state index contributed by atoms with van der Waals surface area (Å²) in [6.07, 6.45) is -4.77. The van der Waals surface area contributed by atoms with Gasteiger partial charge < -0.3 is 42.9 Å². The summed E-state index contributed by atoms with van der Waals surface area (Å²) in [5.41, 5.74) is 1.91. The first-order valence-corrected chi connectivity index (χ1v) is 24.3. The Morgan fingerprint density at radius 2 is 1.08 bits per heavy atom. The van der Waals surface area contributed by atoms with Gasteiger partial charge >= 0.3 is 11.9 Å². The molecule has 0 aliphatic carbocycles. The summed E-state index contributed by atoms with van der Waals surface area (Å²) in [6.45, 7) is 11.8. The van der Waals surface area contributed by atoms with Gasteiger partial charge in [-0.1, -0.05) is 112 Å². The van der Waals surface area contributed by atoms with Gasteiger partial charge in [0.2, 0.25) is 5.91 Å². The second-order valence-electron chi connectivity index (χ2n) is 17.0. The van der Waals surface area contributed by atoms with Crippen LogP contribution < -0.4 is 14.8 Å². The number of methoxy groups -OCH3 is 2. The molecule has 0 aromatic heterocycles. The van der Waals surface area contributed by atoms with E-state index in [1.165, 1.54) is 6.92 Å². The number of benzene rings is 5. The van der Waals surface area contributed by atoms with Crippen LogP contribution in [0.1, 0.15) is 65.1 Å². The summed E-state index contributed by atoms with van der Waals surface area (Å²) in [7, 11) is 0.802. The maximum absolute atomic E-state index is 13.9. The van der Waals surface area contributed by atoms with Gasteiger partial charge in [-0.15, -0.1) is 0 Å². The number of hydrogen-bond donors (Lipinski definition) is 1. The second kappa shape index (κ2) is 21.2. The third kappa shape index (κ3) is 11.3. The van der Waals surface area contributed by atoms with Gasteiger partial charge in [0, 0.05) is 6.92 Å². The van der Waals surface area contributed by atoms with Gasteiger partial charge in [-0.3, -0.25) is 4.79 Å². The predicted octanol–water partition coefficient (Wildman–Crippen LogP) is 8.73. The molecule has 12 nitrogen and oxygen atoms in total. The van der Waals surface area contributed by atoms with E-state index < -0.39 is 62.4 Å². The van der Waals surface area contributed by atoms with Gasteiger partial charge in [0.1, 0.15) is 29.2 Å². The zero-order valence-corrected chi connectivity index (χ0v) is 38.8. The van der Waals surface area contributed by atoms with Gasteiger partial charge in [0.15, 0.2) is 26.8 Å². The van der Waals surface area contributed by atoms with E-state index in [1.54, 1.807) is 74.9 Å². The molecule has 1 aliphatic rings. The van der Waals surface area contributed by atoms with Crippen molar-refractivity contribution in [3.63, 3.8) is 0 Å². The lowest BCUT2D eigenvalue weighted by Gasteiger charge is -2.46. The van der Waals surface area contributed by atoms with Crippen molar-refractivity contribution in [1.29, 1.82) is 0 Å². The van der Waals surface area contributed by atoms with Crippen LogP contribution in [0.4, 0.5) is 0 Å². The molecule has 338 valence electrons. The van der Waals surface area contributed by atoms with Crippen LogP contribution in [0, 0.1) is 0 Å². The molecule has 5 aromatic carbocycles. The molecule has 5 aromatic rings. The third-order valence-electron chi connectivity index (χ3n) is 11.8. The normalized spacial score (nSPS) is 19.0. The molecule has 1 saturated heterocycles. The highest BCUT2D eigenvalue weighted by Gasteiger charge is 2.52. The topological polar surface area (TPSA) is 137 Å². The largest absolute Gasteiger partial charge is 0.497 e. The highest BCUT2D eigenvalue weighted by atomic mass is 28.4. The van der Waals surface area contributed by atoms with Crippen molar-refractivity contribution in [2.45, 2.75) is 82.1 Å². The summed E-state index contributed by atoms with van der Waals surface area (Å²) in [5.74, 6) is -0.447. The number of amides is 1. The van der Waals surface area contributed by atoms with Crippen LogP contribution in [0.2, 0.25) is 18.1 Å². The molecule has 0 radical (unpaired) electrons. The van der Waals surface area contributed by atoms with E-state index in [0.29, 0.717) is 11.5 Å². The lowest BCUT2D eigenvalue weighted by molar-refractivity contribution is -0.271. The maximum atomic E-state index is 13.9. The summed E-state index contributed by atoms with van der Waals surface area (Å²) in [4.78, 5) is 40.9. The Bertz CT molecular complexity index is 2220. The van der Waals surface area contributed by atoms with Crippen molar-refractivity contribution in [3.05, 3.63) is 167 Å². The molecule has 1 fully saturated rings. The number of ether oxygens (including phenoxy) is 7. The van der Waals surface area contributed by atoms with Gasteiger partial charge in [-0.25, -0.2) is 9.59 Å². The fourth-order valence-electron chi connectivity index (χ4n) is 7.32. The zero-order valence-electron chi connectivity index (χ0n) is 37.8. The first-order valence-electron chi connectivity index (χ1n) is 21.4. The van der Waals surface area contributed by atoms with Crippen LogP contribution >= 0.6 is 0 Å². The van der Waals surface area contributed by atoms with Crippen LogP contribution in [0.5, 0.6) is 11.5 Å². The molecule has 1 aliphatic heterocycles. The molecule has 5 atom stereocenters. The lowest BCUT2D eigenvalue weighted by Crippen LogP contribution is -2.67. The summed E-state index contributed by atoms with van der Waals surface area (Å²) in [6, 6.07) is 41.0. The minimum atomic E-state index is -2.43. The first kappa shape index (κ1) is 47.6. The van der Waals surface area contributed by atoms with Crippen LogP contribution in [0.25, 0.3) is 0 Å².